The minimum atomic E-state index is 0.00330. The molecule has 1 unspecified atom stereocenters. The van der Waals surface area contributed by atoms with E-state index in [1.54, 1.807) is 0 Å². The van der Waals surface area contributed by atoms with E-state index in [0.717, 1.165) is 44.4 Å². The first-order valence-corrected chi connectivity index (χ1v) is 15.3. The third-order valence-corrected chi connectivity index (χ3v) is 6.83. The van der Waals surface area contributed by atoms with Crippen molar-refractivity contribution in [1.82, 2.24) is 0 Å². The number of rotatable bonds is 26. The second-order valence-corrected chi connectivity index (χ2v) is 10.3. The minimum Gasteiger partial charge on any atom is -0.466 e. The number of allylic oxidation sites excluding steroid dienone is 6. The lowest BCUT2D eigenvalue weighted by Crippen LogP contribution is -2.05. The van der Waals surface area contributed by atoms with Gasteiger partial charge in [-0.1, -0.05) is 141 Å². The van der Waals surface area contributed by atoms with Crippen LogP contribution in [0, 0.1) is 5.92 Å². The molecule has 0 aromatic heterocycles. The Bertz CT molecular complexity index is 517. The van der Waals surface area contributed by atoms with Crippen LogP contribution in [-0.2, 0) is 9.53 Å². The Labute approximate surface area is 220 Å². The second kappa shape index (κ2) is 28.9. The second-order valence-electron chi connectivity index (χ2n) is 10.3. The van der Waals surface area contributed by atoms with E-state index in [-0.39, 0.29) is 5.97 Å². The van der Waals surface area contributed by atoms with Crippen LogP contribution in [0.3, 0.4) is 0 Å². The zero-order valence-electron chi connectivity index (χ0n) is 23.9. The molecule has 2 nitrogen and oxygen atoms in total. The molecule has 0 saturated carbocycles. The number of carbonyl (C=O) groups excluding carboxylic acids is 1. The van der Waals surface area contributed by atoms with Gasteiger partial charge in [-0.15, -0.1) is 0 Å². The molecule has 0 fully saturated rings. The molecule has 0 aromatic rings. The monoisotopic (exact) mass is 488 g/mol. The fourth-order valence-corrected chi connectivity index (χ4v) is 4.18. The lowest BCUT2D eigenvalue weighted by Gasteiger charge is -2.07. The van der Waals surface area contributed by atoms with Crippen LogP contribution < -0.4 is 0 Å². The Balaban J connectivity index is 3.27. The van der Waals surface area contributed by atoms with E-state index in [4.69, 9.17) is 4.74 Å². The van der Waals surface area contributed by atoms with Gasteiger partial charge in [0.15, 0.2) is 0 Å². The zero-order chi connectivity index (χ0) is 25.7. The molecule has 0 bridgehead atoms. The van der Waals surface area contributed by atoms with Crippen molar-refractivity contribution < 1.29 is 9.53 Å². The molecule has 0 spiro atoms. The molecule has 0 rings (SSSR count). The van der Waals surface area contributed by atoms with Crippen LogP contribution in [-0.4, -0.2) is 12.6 Å². The summed E-state index contributed by atoms with van der Waals surface area (Å²) in [5, 5.41) is 0. The molecule has 204 valence electrons. The summed E-state index contributed by atoms with van der Waals surface area (Å²) in [6.07, 6.45) is 38.9. The number of hydrogen-bond donors (Lipinski definition) is 0. The number of unbranched alkanes of at least 4 members (excludes halogenated alkanes) is 13. The third-order valence-electron chi connectivity index (χ3n) is 6.83. The molecule has 0 aliphatic carbocycles. The van der Waals surface area contributed by atoms with Crippen LogP contribution in [0.25, 0.3) is 0 Å². The molecule has 0 radical (unpaired) electrons. The highest BCUT2D eigenvalue weighted by molar-refractivity contribution is 5.69. The molecule has 0 saturated heterocycles. The van der Waals surface area contributed by atoms with E-state index in [9.17, 15) is 4.79 Å². The number of esters is 1. The van der Waals surface area contributed by atoms with Gasteiger partial charge in [-0.3, -0.25) is 4.79 Å². The van der Waals surface area contributed by atoms with E-state index < -0.39 is 0 Å². The summed E-state index contributed by atoms with van der Waals surface area (Å²) >= 11 is 0. The molecule has 2 heteroatoms. The van der Waals surface area contributed by atoms with Crippen molar-refractivity contribution in [3.63, 3.8) is 0 Å². The standard InChI is InChI=1S/C33H60O2/c1-4-6-7-8-9-10-11-12-13-14-15-18-21-24-27-30-33(34)35-31-28-25-22-19-16-17-20-23-26-29-32(3)5-2/h6-7,9-10,12-13,32H,4-5,8,11,14-31H2,1-3H3/b7-6-,10-9-,13-12-. The van der Waals surface area contributed by atoms with Crippen molar-refractivity contribution in [2.24, 2.45) is 5.92 Å². The quantitative estimate of drug-likeness (QED) is 0.0687. The van der Waals surface area contributed by atoms with Gasteiger partial charge < -0.3 is 4.74 Å². The molecule has 1 atom stereocenters. The SMILES string of the molecule is CC/C=C\C/C=C\C/C=C\CCCCCCCC(=O)OCCCCCCCCCCCC(C)CC. The van der Waals surface area contributed by atoms with Gasteiger partial charge in [0.1, 0.15) is 0 Å². The van der Waals surface area contributed by atoms with Gasteiger partial charge in [0.05, 0.1) is 6.61 Å². The lowest BCUT2D eigenvalue weighted by molar-refractivity contribution is -0.143. The number of carbonyl (C=O) groups is 1. The normalized spacial score (nSPS) is 12.9. The number of hydrogen-bond acceptors (Lipinski definition) is 2. The average Bonchev–Trinajstić information content (AvgIpc) is 2.86. The van der Waals surface area contributed by atoms with Crippen LogP contribution in [0.2, 0.25) is 0 Å². The maximum Gasteiger partial charge on any atom is 0.305 e. The van der Waals surface area contributed by atoms with Crippen molar-refractivity contribution in [2.75, 3.05) is 6.61 Å². The van der Waals surface area contributed by atoms with Crippen molar-refractivity contribution >= 4 is 5.97 Å². The van der Waals surface area contributed by atoms with Crippen molar-refractivity contribution in [3.8, 4) is 0 Å². The predicted octanol–water partition coefficient (Wildman–Crippen LogP) is 11.1. The van der Waals surface area contributed by atoms with Gasteiger partial charge in [-0.2, -0.15) is 0 Å². The largest absolute Gasteiger partial charge is 0.466 e. The Hall–Kier alpha value is -1.31. The Morgan fingerprint density at radius 1 is 0.629 bits per heavy atom. The molecule has 0 amide bonds. The minimum absolute atomic E-state index is 0.00330. The van der Waals surface area contributed by atoms with Crippen LogP contribution in [0.1, 0.15) is 156 Å². The molecule has 35 heavy (non-hydrogen) atoms. The Morgan fingerprint density at radius 2 is 1.14 bits per heavy atom. The summed E-state index contributed by atoms with van der Waals surface area (Å²) < 4.78 is 5.40. The van der Waals surface area contributed by atoms with Crippen molar-refractivity contribution in [2.45, 2.75) is 156 Å². The summed E-state index contributed by atoms with van der Waals surface area (Å²) in [6.45, 7) is 7.45. The van der Waals surface area contributed by atoms with Gasteiger partial charge in [-0.05, 0) is 50.9 Å². The van der Waals surface area contributed by atoms with Gasteiger partial charge in [0.2, 0.25) is 0 Å². The first-order valence-electron chi connectivity index (χ1n) is 15.3. The molecule has 0 aliphatic heterocycles. The van der Waals surface area contributed by atoms with Crippen molar-refractivity contribution in [1.29, 1.82) is 0 Å². The van der Waals surface area contributed by atoms with E-state index >= 15 is 0 Å². The molecular weight excluding hydrogens is 428 g/mol. The van der Waals surface area contributed by atoms with Crippen LogP contribution in [0.4, 0.5) is 0 Å². The molecule has 0 N–H and O–H groups in total. The maximum absolute atomic E-state index is 11.9. The smallest absolute Gasteiger partial charge is 0.305 e. The maximum atomic E-state index is 11.9. The van der Waals surface area contributed by atoms with Gasteiger partial charge in [0.25, 0.3) is 0 Å². The average molecular weight is 489 g/mol. The summed E-state index contributed by atoms with van der Waals surface area (Å²) in [6, 6.07) is 0. The highest BCUT2D eigenvalue weighted by Gasteiger charge is 2.02. The van der Waals surface area contributed by atoms with Crippen LogP contribution in [0.5, 0.6) is 0 Å². The highest BCUT2D eigenvalue weighted by atomic mass is 16.5. The predicted molar refractivity (Wildman–Crippen MR) is 156 cm³/mol. The summed E-state index contributed by atoms with van der Waals surface area (Å²) in [5.41, 5.74) is 0. The first-order chi connectivity index (χ1) is 17.2. The molecule has 0 aliphatic rings. The van der Waals surface area contributed by atoms with Gasteiger partial charge in [-0.25, -0.2) is 0 Å². The number of ether oxygens (including phenoxy) is 1. The fraction of sp³-hybridized carbons (Fsp3) is 0.788. The first kappa shape index (κ1) is 33.7. The van der Waals surface area contributed by atoms with E-state index in [1.807, 2.05) is 0 Å². The summed E-state index contributed by atoms with van der Waals surface area (Å²) in [4.78, 5) is 11.9. The lowest BCUT2D eigenvalue weighted by atomic mass is 9.99. The Morgan fingerprint density at radius 3 is 1.77 bits per heavy atom. The summed E-state index contributed by atoms with van der Waals surface area (Å²) in [7, 11) is 0. The van der Waals surface area contributed by atoms with E-state index in [2.05, 4.69) is 57.2 Å². The van der Waals surface area contributed by atoms with Gasteiger partial charge in [0, 0.05) is 6.42 Å². The highest BCUT2D eigenvalue weighted by Crippen LogP contribution is 2.15. The molecule has 0 heterocycles. The van der Waals surface area contributed by atoms with E-state index in [1.165, 1.54) is 89.9 Å². The van der Waals surface area contributed by atoms with Crippen molar-refractivity contribution in [3.05, 3.63) is 36.5 Å². The van der Waals surface area contributed by atoms with Crippen LogP contribution in [0.15, 0.2) is 36.5 Å². The molecule has 0 aromatic carbocycles. The van der Waals surface area contributed by atoms with E-state index in [0.29, 0.717) is 13.0 Å². The zero-order valence-corrected chi connectivity index (χ0v) is 23.9. The Kier molecular flexibility index (Phi) is 27.8. The third kappa shape index (κ3) is 28.8. The van der Waals surface area contributed by atoms with Crippen LogP contribution >= 0.6 is 0 Å². The molecular formula is C33H60O2. The fourth-order valence-electron chi connectivity index (χ4n) is 4.18. The topological polar surface area (TPSA) is 26.3 Å². The summed E-state index contributed by atoms with van der Waals surface area (Å²) in [5.74, 6) is 0.909. The van der Waals surface area contributed by atoms with Gasteiger partial charge >= 0.3 is 5.97 Å².